The fraction of sp³-hybridized carbons (Fsp3) is 1.00. The Labute approximate surface area is 62.2 Å². The molecule has 0 aromatic carbocycles. The summed E-state index contributed by atoms with van der Waals surface area (Å²) in [6.07, 6.45) is 3.96. The fourth-order valence-corrected chi connectivity index (χ4v) is 1.99. The molecule has 2 saturated heterocycles. The van der Waals surface area contributed by atoms with Crippen molar-refractivity contribution in [3.05, 3.63) is 0 Å². The maximum absolute atomic E-state index is 5.46. The molecule has 2 aliphatic rings. The van der Waals surface area contributed by atoms with Crippen molar-refractivity contribution in [3.8, 4) is 0 Å². The Morgan fingerprint density at radius 3 is 2.60 bits per heavy atom. The lowest BCUT2D eigenvalue weighted by atomic mass is 9.81. The van der Waals surface area contributed by atoms with Gasteiger partial charge in [-0.1, -0.05) is 0 Å². The van der Waals surface area contributed by atoms with E-state index in [2.05, 4.69) is 11.9 Å². The topological polar surface area (TPSA) is 12.5 Å². The van der Waals surface area contributed by atoms with Crippen LogP contribution in [-0.2, 0) is 4.74 Å². The van der Waals surface area contributed by atoms with Crippen LogP contribution in [0.1, 0.15) is 19.3 Å². The molecule has 0 aromatic rings. The van der Waals surface area contributed by atoms with Crippen molar-refractivity contribution in [3.63, 3.8) is 0 Å². The van der Waals surface area contributed by atoms with Crippen molar-refractivity contribution in [2.45, 2.75) is 24.8 Å². The minimum Gasteiger partial charge on any atom is -0.380 e. The number of hydrogen-bond acceptors (Lipinski definition) is 2. The summed E-state index contributed by atoms with van der Waals surface area (Å²) in [7, 11) is 2.21. The van der Waals surface area contributed by atoms with Crippen molar-refractivity contribution in [1.29, 1.82) is 0 Å². The van der Waals surface area contributed by atoms with Gasteiger partial charge in [-0.05, 0) is 26.3 Å². The number of rotatable bonds is 0. The molecule has 2 rings (SSSR count). The first-order valence-electron chi connectivity index (χ1n) is 4.13. The Bertz CT molecular complexity index is 129. The average molecular weight is 141 g/mol. The highest BCUT2D eigenvalue weighted by molar-refractivity contribution is 4.99. The van der Waals surface area contributed by atoms with Crippen LogP contribution in [0.25, 0.3) is 0 Å². The van der Waals surface area contributed by atoms with E-state index in [1.54, 1.807) is 0 Å². The third-order valence-corrected chi connectivity index (χ3v) is 3.02. The van der Waals surface area contributed by atoms with E-state index in [1.165, 1.54) is 25.8 Å². The molecular formula is C8H15NO. The summed E-state index contributed by atoms with van der Waals surface area (Å²) in [5.41, 5.74) is 0.470. The molecule has 10 heavy (non-hydrogen) atoms. The van der Waals surface area contributed by atoms with Crippen molar-refractivity contribution in [2.75, 3.05) is 26.8 Å². The second-order valence-corrected chi connectivity index (χ2v) is 3.55. The molecule has 2 nitrogen and oxygen atoms in total. The van der Waals surface area contributed by atoms with Gasteiger partial charge < -0.3 is 4.74 Å². The summed E-state index contributed by atoms with van der Waals surface area (Å²) in [5.74, 6) is 0. The van der Waals surface area contributed by atoms with Crippen LogP contribution in [0.4, 0.5) is 0 Å². The van der Waals surface area contributed by atoms with Gasteiger partial charge in [0.2, 0.25) is 0 Å². The summed E-state index contributed by atoms with van der Waals surface area (Å²) in [6.45, 7) is 3.22. The van der Waals surface area contributed by atoms with Crippen LogP contribution >= 0.6 is 0 Å². The highest BCUT2D eigenvalue weighted by atomic mass is 16.5. The Kier molecular flexibility index (Phi) is 1.46. The van der Waals surface area contributed by atoms with Gasteiger partial charge in [0.1, 0.15) is 0 Å². The van der Waals surface area contributed by atoms with Crippen molar-refractivity contribution < 1.29 is 4.74 Å². The molecule has 0 aliphatic carbocycles. The van der Waals surface area contributed by atoms with Crippen LogP contribution in [0.3, 0.4) is 0 Å². The van der Waals surface area contributed by atoms with E-state index in [9.17, 15) is 0 Å². The van der Waals surface area contributed by atoms with Gasteiger partial charge in [0.05, 0.1) is 6.61 Å². The summed E-state index contributed by atoms with van der Waals surface area (Å²) in [6, 6.07) is 0. The Morgan fingerprint density at radius 1 is 1.40 bits per heavy atom. The van der Waals surface area contributed by atoms with Gasteiger partial charge in [0.15, 0.2) is 0 Å². The quantitative estimate of drug-likeness (QED) is 0.496. The largest absolute Gasteiger partial charge is 0.380 e. The summed E-state index contributed by atoms with van der Waals surface area (Å²) in [4.78, 5) is 2.44. The maximum atomic E-state index is 5.46. The van der Waals surface area contributed by atoms with E-state index < -0.39 is 0 Å². The first kappa shape index (κ1) is 6.62. The van der Waals surface area contributed by atoms with Crippen molar-refractivity contribution in [2.24, 2.45) is 0 Å². The summed E-state index contributed by atoms with van der Waals surface area (Å²) in [5, 5.41) is 0. The van der Waals surface area contributed by atoms with Crippen LogP contribution in [0.2, 0.25) is 0 Å². The molecule has 0 unspecified atom stereocenters. The Balaban J connectivity index is 1.99. The molecule has 1 atom stereocenters. The first-order valence-corrected chi connectivity index (χ1v) is 4.13. The second-order valence-electron chi connectivity index (χ2n) is 3.55. The van der Waals surface area contributed by atoms with E-state index in [-0.39, 0.29) is 0 Å². The van der Waals surface area contributed by atoms with Gasteiger partial charge in [-0.3, -0.25) is 4.90 Å². The van der Waals surface area contributed by atoms with Gasteiger partial charge in [0.25, 0.3) is 0 Å². The van der Waals surface area contributed by atoms with Crippen LogP contribution in [0, 0.1) is 0 Å². The van der Waals surface area contributed by atoms with Gasteiger partial charge in [-0.25, -0.2) is 0 Å². The lowest BCUT2D eigenvalue weighted by molar-refractivity contribution is -0.0951. The van der Waals surface area contributed by atoms with Crippen LogP contribution in [0.5, 0.6) is 0 Å². The third-order valence-electron chi connectivity index (χ3n) is 3.02. The normalized spacial score (nSPS) is 41.7. The van der Waals surface area contributed by atoms with E-state index in [4.69, 9.17) is 4.74 Å². The molecule has 2 heterocycles. The molecule has 0 bridgehead atoms. The van der Waals surface area contributed by atoms with Crippen LogP contribution < -0.4 is 0 Å². The third kappa shape index (κ3) is 0.789. The fourth-order valence-electron chi connectivity index (χ4n) is 1.99. The zero-order chi connectivity index (χ0) is 7.03. The minimum atomic E-state index is 0.470. The summed E-state index contributed by atoms with van der Waals surface area (Å²) < 4.78 is 5.46. The van der Waals surface area contributed by atoms with E-state index in [1.807, 2.05) is 0 Å². The molecule has 1 spiro atoms. The predicted molar refractivity (Wildman–Crippen MR) is 40.0 cm³/mol. The highest BCUT2D eigenvalue weighted by Gasteiger charge is 2.43. The maximum Gasteiger partial charge on any atom is 0.0650 e. The van der Waals surface area contributed by atoms with Crippen LogP contribution in [-0.4, -0.2) is 37.2 Å². The minimum absolute atomic E-state index is 0.470. The zero-order valence-electron chi connectivity index (χ0n) is 6.60. The molecule has 2 heteroatoms. The second kappa shape index (κ2) is 2.21. The lowest BCUT2D eigenvalue weighted by Crippen LogP contribution is -2.61. The van der Waals surface area contributed by atoms with E-state index >= 15 is 0 Å². The number of ether oxygens (including phenoxy) is 1. The monoisotopic (exact) mass is 141 g/mol. The highest BCUT2D eigenvalue weighted by Crippen LogP contribution is 2.35. The SMILES string of the molecule is CN1CC[C@@]12CCCOC2. The summed E-state index contributed by atoms with van der Waals surface area (Å²) >= 11 is 0. The molecular weight excluding hydrogens is 126 g/mol. The molecule has 0 amide bonds. The van der Waals surface area contributed by atoms with E-state index in [0.717, 1.165) is 13.2 Å². The standard InChI is InChI=1S/C8H15NO/c1-9-5-4-8(9)3-2-6-10-7-8/h2-7H2,1H3/t8-/m1/s1. The van der Waals surface area contributed by atoms with Crippen molar-refractivity contribution in [1.82, 2.24) is 4.90 Å². The zero-order valence-corrected chi connectivity index (χ0v) is 6.60. The molecule has 0 aromatic heterocycles. The molecule has 58 valence electrons. The number of hydrogen-bond donors (Lipinski definition) is 0. The Morgan fingerprint density at radius 2 is 2.30 bits per heavy atom. The average Bonchev–Trinajstić information content (AvgIpc) is 2.04. The van der Waals surface area contributed by atoms with Gasteiger partial charge in [-0.15, -0.1) is 0 Å². The number of nitrogens with zero attached hydrogens (tertiary/aromatic N) is 1. The van der Waals surface area contributed by atoms with Gasteiger partial charge in [-0.2, -0.15) is 0 Å². The van der Waals surface area contributed by atoms with Gasteiger partial charge in [0, 0.05) is 18.7 Å². The molecule has 2 aliphatic heterocycles. The lowest BCUT2D eigenvalue weighted by Gasteiger charge is -2.52. The Hall–Kier alpha value is -0.0800. The number of likely N-dealkylation sites (tertiary alicyclic amines) is 1. The smallest absolute Gasteiger partial charge is 0.0650 e. The molecule has 0 radical (unpaired) electrons. The van der Waals surface area contributed by atoms with Crippen molar-refractivity contribution >= 4 is 0 Å². The molecule has 0 saturated carbocycles. The number of likely N-dealkylation sites (N-methyl/N-ethyl adjacent to an activating group) is 1. The van der Waals surface area contributed by atoms with E-state index in [0.29, 0.717) is 5.54 Å². The molecule has 2 fully saturated rings. The molecule has 0 N–H and O–H groups in total. The van der Waals surface area contributed by atoms with Gasteiger partial charge >= 0.3 is 0 Å². The first-order chi connectivity index (χ1) is 4.83. The van der Waals surface area contributed by atoms with Crippen LogP contribution in [0.15, 0.2) is 0 Å². The predicted octanol–water partition coefficient (Wildman–Crippen LogP) is 0.871.